The summed E-state index contributed by atoms with van der Waals surface area (Å²) in [6.45, 7) is 0. The van der Waals surface area contributed by atoms with E-state index in [4.69, 9.17) is 11.5 Å². The number of guanidine groups is 1. The van der Waals surface area contributed by atoms with Gasteiger partial charge in [0.2, 0.25) is 11.8 Å². The van der Waals surface area contributed by atoms with Gasteiger partial charge in [-0.15, -0.1) is 11.3 Å². The fourth-order valence-corrected chi connectivity index (χ4v) is 4.14. The Balaban J connectivity index is 1.87. The Labute approximate surface area is 147 Å². The SMILES string of the molecule is CN1C(=O)CC(c2ccc3sc4ccc(C(N)=O)cc4c3c2)N=C1N. The maximum absolute atomic E-state index is 12.0. The minimum absolute atomic E-state index is 0.0520. The second-order valence-electron chi connectivity index (χ2n) is 6.09. The Morgan fingerprint density at radius 3 is 2.56 bits per heavy atom. The predicted molar refractivity (Wildman–Crippen MR) is 99.6 cm³/mol. The van der Waals surface area contributed by atoms with E-state index in [1.165, 1.54) is 4.90 Å². The zero-order chi connectivity index (χ0) is 17.7. The molecule has 2 aromatic carbocycles. The maximum atomic E-state index is 12.0. The number of hydrogen-bond acceptors (Lipinski definition) is 5. The summed E-state index contributed by atoms with van der Waals surface area (Å²) in [4.78, 5) is 29.3. The van der Waals surface area contributed by atoms with E-state index >= 15 is 0 Å². The van der Waals surface area contributed by atoms with Crippen LogP contribution in [0.5, 0.6) is 0 Å². The number of aliphatic imine (C=N–C) groups is 1. The summed E-state index contributed by atoms with van der Waals surface area (Å²) in [5.41, 5.74) is 12.6. The summed E-state index contributed by atoms with van der Waals surface area (Å²) in [7, 11) is 1.62. The molecule has 0 aliphatic carbocycles. The van der Waals surface area contributed by atoms with Gasteiger partial charge in [-0.05, 0) is 35.9 Å². The molecule has 4 N–H and O–H groups in total. The Morgan fingerprint density at radius 2 is 1.88 bits per heavy atom. The summed E-state index contributed by atoms with van der Waals surface area (Å²) < 4.78 is 2.19. The second kappa shape index (κ2) is 5.56. The van der Waals surface area contributed by atoms with Gasteiger partial charge in [0.15, 0.2) is 5.96 Å². The topological polar surface area (TPSA) is 102 Å². The third kappa shape index (κ3) is 2.53. The molecule has 6 nitrogen and oxygen atoms in total. The Morgan fingerprint density at radius 1 is 1.20 bits per heavy atom. The van der Waals surface area contributed by atoms with Gasteiger partial charge >= 0.3 is 0 Å². The van der Waals surface area contributed by atoms with E-state index in [1.807, 2.05) is 30.3 Å². The highest BCUT2D eigenvalue weighted by Gasteiger charge is 2.26. The number of rotatable bonds is 2. The third-order valence-electron chi connectivity index (χ3n) is 4.54. The Kier molecular flexibility index (Phi) is 3.47. The van der Waals surface area contributed by atoms with Crippen LogP contribution in [-0.4, -0.2) is 29.7 Å². The Hall–Kier alpha value is -2.93. The highest BCUT2D eigenvalue weighted by atomic mass is 32.1. The third-order valence-corrected chi connectivity index (χ3v) is 5.69. The van der Waals surface area contributed by atoms with Gasteiger partial charge in [0.05, 0.1) is 12.5 Å². The van der Waals surface area contributed by atoms with E-state index in [2.05, 4.69) is 4.99 Å². The van der Waals surface area contributed by atoms with E-state index in [0.29, 0.717) is 5.56 Å². The molecule has 1 aliphatic rings. The van der Waals surface area contributed by atoms with Crippen molar-refractivity contribution in [3.05, 3.63) is 47.5 Å². The molecule has 126 valence electrons. The number of carbonyl (C=O) groups is 2. The number of carbonyl (C=O) groups excluding carboxylic acids is 2. The monoisotopic (exact) mass is 352 g/mol. The average Bonchev–Trinajstić information content (AvgIpc) is 2.96. The fraction of sp³-hybridized carbons (Fsp3) is 0.167. The molecule has 25 heavy (non-hydrogen) atoms. The highest BCUT2D eigenvalue weighted by molar-refractivity contribution is 7.25. The number of nitrogens with zero attached hydrogens (tertiary/aromatic N) is 2. The summed E-state index contributed by atoms with van der Waals surface area (Å²) in [6.07, 6.45) is 0.289. The summed E-state index contributed by atoms with van der Waals surface area (Å²) in [6, 6.07) is 11.2. The number of primary amides is 1. The van der Waals surface area contributed by atoms with Gasteiger partial charge in [-0.25, -0.2) is 4.99 Å². The minimum atomic E-state index is -0.448. The number of amides is 2. The number of hydrogen-bond donors (Lipinski definition) is 2. The molecule has 0 bridgehead atoms. The molecule has 2 heterocycles. The van der Waals surface area contributed by atoms with Crippen LogP contribution in [0.25, 0.3) is 20.2 Å². The lowest BCUT2D eigenvalue weighted by molar-refractivity contribution is -0.127. The molecule has 0 saturated heterocycles. The lowest BCUT2D eigenvalue weighted by Gasteiger charge is -2.25. The van der Waals surface area contributed by atoms with Gasteiger partial charge in [0.1, 0.15) is 0 Å². The highest BCUT2D eigenvalue weighted by Crippen LogP contribution is 2.37. The van der Waals surface area contributed by atoms with Gasteiger partial charge in [0, 0.05) is 32.8 Å². The molecule has 0 fully saturated rings. The number of thiophene rings is 1. The molecule has 7 heteroatoms. The summed E-state index contributed by atoms with van der Waals surface area (Å²) in [5.74, 6) is -0.271. The number of fused-ring (bicyclic) bond motifs is 3. The van der Waals surface area contributed by atoms with Gasteiger partial charge in [-0.3, -0.25) is 14.5 Å². The van der Waals surface area contributed by atoms with E-state index in [1.54, 1.807) is 24.5 Å². The van der Waals surface area contributed by atoms with Crippen molar-refractivity contribution in [2.24, 2.45) is 16.5 Å². The van der Waals surface area contributed by atoms with Crippen molar-refractivity contribution in [2.75, 3.05) is 7.05 Å². The van der Waals surface area contributed by atoms with Gasteiger partial charge in [0.25, 0.3) is 0 Å². The standard InChI is InChI=1S/C18H16N4O2S/c1-22-16(23)8-13(21-18(22)20)9-2-4-14-11(6-9)12-7-10(17(19)24)3-5-15(12)25-14/h2-7,13H,8H2,1H3,(H2,19,24)(H2,20,21). The van der Waals surface area contributed by atoms with E-state index in [-0.39, 0.29) is 24.3 Å². The van der Waals surface area contributed by atoms with Crippen LogP contribution >= 0.6 is 11.3 Å². The van der Waals surface area contributed by atoms with E-state index in [0.717, 1.165) is 25.7 Å². The minimum Gasteiger partial charge on any atom is -0.369 e. The van der Waals surface area contributed by atoms with Crippen LogP contribution in [0.15, 0.2) is 41.4 Å². The lowest BCUT2D eigenvalue weighted by atomic mass is 9.99. The molecular weight excluding hydrogens is 336 g/mol. The molecule has 1 aromatic heterocycles. The number of nitrogens with two attached hydrogens (primary N) is 2. The van der Waals surface area contributed by atoms with Crippen molar-refractivity contribution >= 4 is 49.3 Å². The predicted octanol–water partition coefficient (Wildman–Crippen LogP) is 2.37. The molecule has 1 aliphatic heterocycles. The Bertz CT molecular complexity index is 1070. The molecule has 2 amide bonds. The number of benzene rings is 2. The molecule has 4 rings (SSSR count). The molecule has 0 spiro atoms. The van der Waals surface area contributed by atoms with Crippen molar-refractivity contribution < 1.29 is 9.59 Å². The maximum Gasteiger partial charge on any atom is 0.248 e. The molecule has 1 unspecified atom stereocenters. The largest absolute Gasteiger partial charge is 0.369 e. The fourth-order valence-electron chi connectivity index (χ4n) is 3.07. The van der Waals surface area contributed by atoms with Crippen LogP contribution in [0.4, 0.5) is 0 Å². The van der Waals surface area contributed by atoms with Crippen LogP contribution in [0.2, 0.25) is 0 Å². The first-order valence-corrected chi connectivity index (χ1v) is 8.61. The van der Waals surface area contributed by atoms with Crippen LogP contribution in [0.3, 0.4) is 0 Å². The van der Waals surface area contributed by atoms with Crippen molar-refractivity contribution in [1.82, 2.24) is 4.90 Å². The van der Waals surface area contributed by atoms with Crippen LogP contribution in [0.1, 0.15) is 28.4 Å². The first kappa shape index (κ1) is 15.6. The zero-order valence-electron chi connectivity index (χ0n) is 13.5. The van der Waals surface area contributed by atoms with Crippen molar-refractivity contribution in [2.45, 2.75) is 12.5 Å². The van der Waals surface area contributed by atoms with Crippen LogP contribution < -0.4 is 11.5 Å². The molecule has 1 atom stereocenters. The normalized spacial score (nSPS) is 18.0. The van der Waals surface area contributed by atoms with Gasteiger partial charge < -0.3 is 11.5 Å². The van der Waals surface area contributed by atoms with E-state index in [9.17, 15) is 9.59 Å². The molecule has 3 aromatic rings. The lowest BCUT2D eigenvalue weighted by Crippen LogP contribution is -2.42. The van der Waals surface area contributed by atoms with Gasteiger partial charge in [-0.2, -0.15) is 0 Å². The molecule has 0 radical (unpaired) electrons. The summed E-state index contributed by atoms with van der Waals surface area (Å²) >= 11 is 1.65. The smallest absolute Gasteiger partial charge is 0.248 e. The zero-order valence-corrected chi connectivity index (χ0v) is 14.3. The van der Waals surface area contributed by atoms with Crippen molar-refractivity contribution in [3.8, 4) is 0 Å². The van der Waals surface area contributed by atoms with Crippen LogP contribution in [-0.2, 0) is 4.79 Å². The van der Waals surface area contributed by atoms with Crippen LogP contribution in [0, 0.1) is 0 Å². The van der Waals surface area contributed by atoms with E-state index < -0.39 is 5.91 Å². The quantitative estimate of drug-likeness (QED) is 0.740. The first-order chi connectivity index (χ1) is 11.9. The second-order valence-corrected chi connectivity index (χ2v) is 7.18. The first-order valence-electron chi connectivity index (χ1n) is 7.80. The van der Waals surface area contributed by atoms with Crippen molar-refractivity contribution in [3.63, 3.8) is 0 Å². The van der Waals surface area contributed by atoms with Crippen molar-refractivity contribution in [1.29, 1.82) is 0 Å². The van der Waals surface area contributed by atoms with Gasteiger partial charge in [-0.1, -0.05) is 6.07 Å². The molecule has 0 saturated carbocycles. The average molecular weight is 352 g/mol. The summed E-state index contributed by atoms with van der Waals surface area (Å²) in [5, 5.41) is 2.01. The molecular formula is C18H16N4O2S.